The van der Waals surface area contributed by atoms with E-state index >= 15 is 0 Å². The molecule has 6 nitrogen and oxygen atoms in total. The van der Waals surface area contributed by atoms with Crippen molar-refractivity contribution in [1.29, 1.82) is 0 Å². The van der Waals surface area contributed by atoms with Crippen LogP contribution < -0.4 is 15.2 Å². The first-order valence-corrected chi connectivity index (χ1v) is 6.77. The number of aryl methyl sites for hydroxylation is 2. The predicted octanol–water partition coefficient (Wildman–Crippen LogP) is 1.14. The van der Waals surface area contributed by atoms with Gasteiger partial charge in [0.15, 0.2) is 11.5 Å². The summed E-state index contributed by atoms with van der Waals surface area (Å²) in [5.74, 6) is 1.43. The van der Waals surface area contributed by atoms with E-state index in [2.05, 4.69) is 4.98 Å². The third-order valence-corrected chi connectivity index (χ3v) is 3.41. The van der Waals surface area contributed by atoms with Crippen molar-refractivity contribution < 1.29 is 14.6 Å². The highest BCUT2D eigenvalue weighted by molar-refractivity contribution is 5.42. The zero-order chi connectivity index (χ0) is 15.2. The lowest BCUT2D eigenvalue weighted by Gasteiger charge is -2.13. The summed E-state index contributed by atoms with van der Waals surface area (Å²) in [6, 6.07) is 5.45. The molecule has 0 fully saturated rings. The molecule has 2 aromatic rings. The molecule has 0 aliphatic heterocycles. The summed E-state index contributed by atoms with van der Waals surface area (Å²) in [7, 11) is 3.24. The number of aliphatic hydroxyl groups is 1. The molecule has 1 aromatic heterocycles. The number of methoxy groups -OCH3 is 2. The van der Waals surface area contributed by atoms with Crippen LogP contribution in [0, 0.1) is 0 Å². The predicted molar refractivity (Wildman–Crippen MR) is 79.5 cm³/mol. The average Bonchev–Trinajstić information content (AvgIpc) is 3.00. The Balaban J connectivity index is 2.08. The van der Waals surface area contributed by atoms with Gasteiger partial charge in [0.25, 0.3) is 0 Å². The average molecular weight is 291 g/mol. The molecule has 0 spiro atoms. The molecule has 3 N–H and O–H groups in total. The van der Waals surface area contributed by atoms with E-state index in [0.29, 0.717) is 11.5 Å². The van der Waals surface area contributed by atoms with Crippen LogP contribution in [0.4, 0.5) is 0 Å². The van der Waals surface area contributed by atoms with Crippen LogP contribution in [0.2, 0.25) is 0 Å². The van der Waals surface area contributed by atoms with Crippen LogP contribution in [0.15, 0.2) is 30.7 Å². The largest absolute Gasteiger partial charge is 0.493 e. The van der Waals surface area contributed by atoms with Gasteiger partial charge < -0.3 is 24.9 Å². The van der Waals surface area contributed by atoms with Crippen molar-refractivity contribution in [1.82, 2.24) is 9.55 Å². The molecule has 0 aliphatic rings. The number of nitrogens with zero attached hydrogens (tertiary/aromatic N) is 2. The fourth-order valence-electron chi connectivity index (χ4n) is 2.21. The number of imidazole rings is 1. The lowest BCUT2D eigenvalue weighted by atomic mass is 10.1. The molecule has 1 heterocycles. The number of ether oxygens (including phenoxy) is 2. The van der Waals surface area contributed by atoms with E-state index in [4.69, 9.17) is 20.3 Å². The highest BCUT2D eigenvalue weighted by atomic mass is 16.5. The van der Waals surface area contributed by atoms with Crippen LogP contribution in [0.1, 0.15) is 17.3 Å². The summed E-state index contributed by atoms with van der Waals surface area (Å²) in [4.78, 5) is 4.09. The summed E-state index contributed by atoms with van der Waals surface area (Å²) >= 11 is 0. The first kappa shape index (κ1) is 15.3. The van der Waals surface area contributed by atoms with Crippen molar-refractivity contribution in [3.05, 3.63) is 42.0 Å². The molecule has 1 unspecified atom stereocenters. The van der Waals surface area contributed by atoms with Crippen LogP contribution in [-0.4, -0.2) is 35.5 Å². The lowest BCUT2D eigenvalue weighted by Crippen LogP contribution is -2.19. The van der Waals surface area contributed by atoms with Crippen molar-refractivity contribution in [3.63, 3.8) is 0 Å². The van der Waals surface area contributed by atoms with Gasteiger partial charge in [-0.05, 0) is 24.1 Å². The quantitative estimate of drug-likeness (QED) is 0.799. The molecule has 6 heteroatoms. The SMILES string of the molecule is COc1ccc(CCn2cncc2C(N)CO)cc1OC. The topological polar surface area (TPSA) is 82.5 Å². The van der Waals surface area contributed by atoms with Crippen molar-refractivity contribution in [2.75, 3.05) is 20.8 Å². The number of hydrogen-bond donors (Lipinski definition) is 2. The zero-order valence-electron chi connectivity index (χ0n) is 12.3. The third-order valence-electron chi connectivity index (χ3n) is 3.41. The van der Waals surface area contributed by atoms with Gasteiger partial charge in [0, 0.05) is 12.7 Å². The smallest absolute Gasteiger partial charge is 0.160 e. The molecule has 114 valence electrons. The maximum absolute atomic E-state index is 9.15. The number of aromatic nitrogens is 2. The highest BCUT2D eigenvalue weighted by Gasteiger charge is 2.11. The molecule has 1 atom stereocenters. The maximum Gasteiger partial charge on any atom is 0.160 e. The normalized spacial score (nSPS) is 12.2. The van der Waals surface area contributed by atoms with Crippen molar-refractivity contribution in [2.45, 2.75) is 19.0 Å². The van der Waals surface area contributed by atoms with Gasteiger partial charge in [-0.25, -0.2) is 4.98 Å². The van der Waals surface area contributed by atoms with Gasteiger partial charge in [-0.3, -0.25) is 0 Å². The number of nitrogens with two attached hydrogens (primary N) is 1. The van der Waals surface area contributed by atoms with Crippen LogP contribution in [0.3, 0.4) is 0 Å². The highest BCUT2D eigenvalue weighted by Crippen LogP contribution is 2.27. The maximum atomic E-state index is 9.15. The van der Waals surface area contributed by atoms with Gasteiger partial charge in [0.2, 0.25) is 0 Å². The van der Waals surface area contributed by atoms with Gasteiger partial charge in [-0.15, -0.1) is 0 Å². The second-order valence-electron chi connectivity index (χ2n) is 4.74. The van der Waals surface area contributed by atoms with E-state index in [-0.39, 0.29) is 6.61 Å². The molecular formula is C15H21N3O3. The lowest BCUT2D eigenvalue weighted by molar-refractivity contribution is 0.263. The Labute approximate surface area is 124 Å². The Kier molecular flexibility index (Phi) is 5.19. The Hall–Kier alpha value is -2.05. The summed E-state index contributed by atoms with van der Waals surface area (Å²) < 4.78 is 12.5. The zero-order valence-corrected chi connectivity index (χ0v) is 12.3. The molecular weight excluding hydrogens is 270 g/mol. The fraction of sp³-hybridized carbons (Fsp3) is 0.400. The minimum absolute atomic E-state index is 0.0952. The van der Waals surface area contributed by atoms with Crippen LogP contribution >= 0.6 is 0 Å². The van der Waals surface area contributed by atoms with E-state index in [9.17, 15) is 0 Å². The van der Waals surface area contributed by atoms with Gasteiger partial charge in [-0.1, -0.05) is 6.07 Å². The van der Waals surface area contributed by atoms with Crippen molar-refractivity contribution >= 4 is 0 Å². The summed E-state index contributed by atoms with van der Waals surface area (Å²) in [5, 5.41) is 9.15. The number of benzene rings is 1. The molecule has 0 saturated carbocycles. The molecule has 0 amide bonds. The second-order valence-corrected chi connectivity index (χ2v) is 4.74. The van der Waals surface area contributed by atoms with E-state index in [1.54, 1.807) is 26.7 Å². The second kappa shape index (κ2) is 7.10. The molecule has 0 bridgehead atoms. The molecule has 0 saturated heterocycles. The van der Waals surface area contributed by atoms with E-state index < -0.39 is 6.04 Å². The molecule has 21 heavy (non-hydrogen) atoms. The van der Waals surface area contributed by atoms with Gasteiger partial charge in [0.1, 0.15) is 0 Å². The fourth-order valence-corrected chi connectivity index (χ4v) is 2.21. The van der Waals surface area contributed by atoms with Crippen molar-refractivity contribution in [2.24, 2.45) is 5.73 Å². The summed E-state index contributed by atoms with van der Waals surface area (Å²) in [6.07, 6.45) is 4.23. The van der Waals surface area contributed by atoms with E-state index in [0.717, 1.165) is 24.2 Å². The van der Waals surface area contributed by atoms with Gasteiger partial charge in [-0.2, -0.15) is 0 Å². The van der Waals surface area contributed by atoms with E-state index in [1.807, 2.05) is 22.8 Å². The molecule has 2 rings (SSSR count). The summed E-state index contributed by atoms with van der Waals surface area (Å²) in [6.45, 7) is 0.639. The molecule has 0 aliphatic carbocycles. The van der Waals surface area contributed by atoms with Crippen LogP contribution in [0.25, 0.3) is 0 Å². The number of aliphatic hydroxyl groups excluding tert-OH is 1. The Morgan fingerprint density at radius 1 is 1.29 bits per heavy atom. The van der Waals surface area contributed by atoms with E-state index in [1.165, 1.54) is 0 Å². The summed E-state index contributed by atoms with van der Waals surface area (Å²) in [5.41, 5.74) is 7.81. The minimum Gasteiger partial charge on any atom is -0.493 e. The monoisotopic (exact) mass is 291 g/mol. The number of rotatable bonds is 7. The third kappa shape index (κ3) is 3.53. The van der Waals surface area contributed by atoms with Crippen LogP contribution in [0.5, 0.6) is 11.5 Å². The van der Waals surface area contributed by atoms with Gasteiger partial charge >= 0.3 is 0 Å². The van der Waals surface area contributed by atoms with Crippen LogP contribution in [-0.2, 0) is 13.0 Å². The first-order chi connectivity index (χ1) is 10.2. The Morgan fingerprint density at radius 2 is 2.05 bits per heavy atom. The van der Waals surface area contributed by atoms with Crippen molar-refractivity contribution in [3.8, 4) is 11.5 Å². The number of hydrogen-bond acceptors (Lipinski definition) is 5. The standard InChI is InChI=1S/C15H21N3O3/c1-20-14-4-3-11(7-15(14)21-2)5-6-18-10-17-8-13(18)12(16)9-19/h3-4,7-8,10,12,19H,5-6,9,16H2,1-2H3. The molecule has 0 radical (unpaired) electrons. The van der Waals surface area contributed by atoms with Gasteiger partial charge in [0.05, 0.1) is 38.9 Å². The Bertz CT molecular complexity index is 583. The first-order valence-electron chi connectivity index (χ1n) is 6.77. The molecule has 1 aromatic carbocycles. The Morgan fingerprint density at radius 3 is 2.71 bits per heavy atom. The minimum atomic E-state index is -0.405.